The predicted octanol–water partition coefficient (Wildman–Crippen LogP) is 3.70. The van der Waals surface area contributed by atoms with Gasteiger partial charge < -0.3 is 28.3 Å². The maximum atomic E-state index is 14.0. The predicted molar refractivity (Wildman–Crippen MR) is 143 cm³/mol. The van der Waals surface area contributed by atoms with E-state index in [2.05, 4.69) is 4.90 Å². The smallest absolute Gasteiger partial charge is 0.290 e. The second-order valence-corrected chi connectivity index (χ2v) is 9.77. The minimum absolute atomic E-state index is 0.0934. The lowest BCUT2D eigenvalue weighted by molar-refractivity contribution is 0.0353. The van der Waals surface area contributed by atoms with E-state index in [4.69, 9.17) is 23.4 Å². The fourth-order valence-electron chi connectivity index (χ4n) is 5.40. The van der Waals surface area contributed by atoms with Crippen molar-refractivity contribution in [2.75, 3.05) is 60.7 Å². The molecular formula is C29H34N2O7. The summed E-state index contributed by atoms with van der Waals surface area (Å²) in [5, 5.41) is 0.465. The van der Waals surface area contributed by atoms with Crippen molar-refractivity contribution in [3.8, 4) is 17.2 Å². The molecule has 0 spiro atoms. The molecule has 3 heterocycles. The highest BCUT2D eigenvalue weighted by Crippen LogP contribution is 2.45. The van der Waals surface area contributed by atoms with Crippen LogP contribution in [-0.2, 0) is 4.74 Å². The average molecular weight is 523 g/mol. The van der Waals surface area contributed by atoms with Crippen LogP contribution in [0.4, 0.5) is 0 Å². The van der Waals surface area contributed by atoms with Crippen LogP contribution in [0.1, 0.15) is 45.3 Å². The Bertz CT molecular complexity index is 1400. The summed E-state index contributed by atoms with van der Waals surface area (Å²) in [6.45, 7) is 8.37. The fraction of sp³-hybridized carbons (Fsp3) is 0.448. The van der Waals surface area contributed by atoms with Crippen molar-refractivity contribution in [3.63, 3.8) is 0 Å². The molecule has 1 aromatic heterocycles. The Morgan fingerprint density at radius 3 is 2.18 bits per heavy atom. The number of hydrogen-bond acceptors (Lipinski definition) is 8. The van der Waals surface area contributed by atoms with Gasteiger partial charge in [0.15, 0.2) is 16.9 Å². The van der Waals surface area contributed by atoms with Gasteiger partial charge >= 0.3 is 0 Å². The van der Waals surface area contributed by atoms with Gasteiger partial charge in [-0.15, -0.1) is 0 Å². The maximum Gasteiger partial charge on any atom is 0.290 e. The van der Waals surface area contributed by atoms with E-state index >= 15 is 0 Å². The molecule has 3 aromatic rings. The third kappa shape index (κ3) is 4.50. The zero-order valence-electron chi connectivity index (χ0n) is 22.6. The zero-order valence-corrected chi connectivity index (χ0v) is 22.6. The third-order valence-electron chi connectivity index (χ3n) is 7.56. The number of nitrogens with zero attached hydrogens (tertiary/aromatic N) is 2. The first kappa shape index (κ1) is 26.1. The second kappa shape index (κ2) is 10.7. The topological polar surface area (TPSA) is 90.7 Å². The van der Waals surface area contributed by atoms with Gasteiger partial charge in [0, 0.05) is 26.2 Å². The van der Waals surface area contributed by atoms with Gasteiger partial charge in [-0.3, -0.25) is 14.5 Å². The van der Waals surface area contributed by atoms with Crippen molar-refractivity contribution < 1.29 is 28.2 Å². The molecule has 38 heavy (non-hydrogen) atoms. The Balaban J connectivity index is 1.63. The van der Waals surface area contributed by atoms with E-state index in [1.54, 1.807) is 31.3 Å². The first-order valence-electron chi connectivity index (χ1n) is 12.9. The van der Waals surface area contributed by atoms with Crippen molar-refractivity contribution in [2.24, 2.45) is 0 Å². The maximum absolute atomic E-state index is 14.0. The Labute approximate surface area is 221 Å². The van der Waals surface area contributed by atoms with Crippen LogP contribution >= 0.6 is 0 Å². The van der Waals surface area contributed by atoms with E-state index in [1.165, 1.54) is 7.11 Å². The molecule has 0 N–H and O–H groups in total. The summed E-state index contributed by atoms with van der Waals surface area (Å²) in [7, 11) is 4.63. The van der Waals surface area contributed by atoms with E-state index in [-0.39, 0.29) is 17.1 Å². The average Bonchev–Trinajstić information content (AvgIpc) is 3.21. The number of amides is 1. The van der Waals surface area contributed by atoms with Crippen molar-refractivity contribution in [1.29, 1.82) is 0 Å². The first-order valence-corrected chi connectivity index (χ1v) is 12.9. The number of fused-ring (bicyclic) bond motifs is 2. The molecular weight excluding hydrogens is 488 g/mol. The number of benzene rings is 2. The molecule has 1 amide bonds. The first-order chi connectivity index (χ1) is 18.4. The van der Waals surface area contributed by atoms with Crippen LogP contribution in [0.3, 0.4) is 0 Å². The van der Waals surface area contributed by atoms with E-state index in [1.807, 2.05) is 26.0 Å². The molecule has 0 aliphatic carbocycles. The summed E-state index contributed by atoms with van der Waals surface area (Å²) >= 11 is 0. The van der Waals surface area contributed by atoms with Gasteiger partial charge in [0.25, 0.3) is 5.91 Å². The van der Waals surface area contributed by atoms with Gasteiger partial charge in [-0.25, -0.2) is 0 Å². The number of methoxy groups -OCH3 is 3. The van der Waals surface area contributed by atoms with Crippen LogP contribution in [0.2, 0.25) is 0 Å². The summed E-state index contributed by atoms with van der Waals surface area (Å²) in [4.78, 5) is 31.8. The summed E-state index contributed by atoms with van der Waals surface area (Å²) < 4.78 is 28.3. The van der Waals surface area contributed by atoms with Crippen molar-refractivity contribution in [1.82, 2.24) is 9.80 Å². The zero-order chi connectivity index (χ0) is 27.0. The molecule has 0 bridgehead atoms. The van der Waals surface area contributed by atoms with Crippen molar-refractivity contribution in [3.05, 3.63) is 62.5 Å². The van der Waals surface area contributed by atoms with Crippen LogP contribution < -0.4 is 19.6 Å². The standard InChI is InChI=1S/C29H34N2O7/c1-17-13-20-21(14-18(17)2)38-28-24(26(20)32)25(19-15-22(34-3)27(36-5)23(16-19)35-4)31(29(28)33)8-6-7-30-9-11-37-12-10-30/h13-16,25H,6-12H2,1-5H3. The number of carbonyl (C=O) groups is 1. The van der Waals surface area contributed by atoms with Gasteiger partial charge in [-0.05, 0) is 61.2 Å². The summed E-state index contributed by atoms with van der Waals surface area (Å²) in [5.41, 5.74) is 3.23. The van der Waals surface area contributed by atoms with Crippen LogP contribution in [0.15, 0.2) is 33.5 Å². The molecule has 1 unspecified atom stereocenters. The van der Waals surface area contributed by atoms with Gasteiger partial charge in [-0.2, -0.15) is 0 Å². The number of rotatable bonds is 8. The second-order valence-electron chi connectivity index (χ2n) is 9.77. The van der Waals surface area contributed by atoms with E-state index in [0.717, 1.165) is 37.2 Å². The van der Waals surface area contributed by atoms with Crippen LogP contribution in [0.25, 0.3) is 11.0 Å². The molecule has 2 aliphatic rings. The summed E-state index contributed by atoms with van der Waals surface area (Å²) in [6, 6.07) is 6.61. The summed E-state index contributed by atoms with van der Waals surface area (Å²) in [5.74, 6) is 1.15. The number of hydrogen-bond donors (Lipinski definition) is 0. The van der Waals surface area contributed by atoms with Crippen LogP contribution in [0, 0.1) is 13.8 Å². The van der Waals surface area contributed by atoms with E-state index in [9.17, 15) is 9.59 Å². The van der Waals surface area contributed by atoms with Gasteiger partial charge in [0.1, 0.15) is 5.58 Å². The lowest BCUT2D eigenvalue weighted by Crippen LogP contribution is -2.38. The molecule has 9 nitrogen and oxygen atoms in total. The molecule has 202 valence electrons. The molecule has 5 rings (SSSR count). The Morgan fingerprint density at radius 1 is 0.895 bits per heavy atom. The quantitative estimate of drug-likeness (QED) is 0.442. The van der Waals surface area contributed by atoms with Crippen molar-refractivity contribution >= 4 is 16.9 Å². The highest BCUT2D eigenvalue weighted by atomic mass is 16.5. The fourth-order valence-corrected chi connectivity index (χ4v) is 5.40. The molecule has 0 saturated carbocycles. The molecule has 1 fully saturated rings. The largest absolute Gasteiger partial charge is 0.493 e. The minimum Gasteiger partial charge on any atom is -0.493 e. The molecule has 1 saturated heterocycles. The third-order valence-corrected chi connectivity index (χ3v) is 7.56. The van der Waals surface area contributed by atoms with Crippen LogP contribution in [0.5, 0.6) is 17.2 Å². The van der Waals surface area contributed by atoms with Crippen LogP contribution in [-0.4, -0.2) is 76.4 Å². The Morgan fingerprint density at radius 2 is 1.55 bits per heavy atom. The highest BCUT2D eigenvalue weighted by molar-refractivity contribution is 5.99. The van der Waals surface area contributed by atoms with E-state index < -0.39 is 6.04 Å². The molecule has 2 aliphatic heterocycles. The SMILES string of the molecule is COc1cc(C2c3c(oc4cc(C)c(C)cc4c3=O)C(=O)N2CCCN2CCOCC2)cc(OC)c1OC. The monoisotopic (exact) mass is 522 g/mol. The van der Waals surface area contributed by atoms with Gasteiger partial charge in [0.2, 0.25) is 11.5 Å². The number of carbonyl (C=O) groups excluding carboxylic acids is 1. The number of aryl methyl sites for hydroxylation is 2. The molecule has 0 radical (unpaired) electrons. The van der Waals surface area contributed by atoms with E-state index in [0.29, 0.717) is 59.1 Å². The minimum atomic E-state index is -0.654. The molecule has 9 heteroatoms. The highest BCUT2D eigenvalue weighted by Gasteiger charge is 2.43. The van der Waals surface area contributed by atoms with Crippen molar-refractivity contribution in [2.45, 2.75) is 26.3 Å². The summed E-state index contributed by atoms with van der Waals surface area (Å²) in [6.07, 6.45) is 0.743. The van der Waals surface area contributed by atoms with Gasteiger partial charge in [0.05, 0.1) is 51.5 Å². The van der Waals surface area contributed by atoms with Gasteiger partial charge in [-0.1, -0.05) is 0 Å². The number of morpholine rings is 1. The molecule has 2 aromatic carbocycles. The Hall–Kier alpha value is -3.56. The Kier molecular flexibility index (Phi) is 7.32. The number of ether oxygens (including phenoxy) is 4. The molecule has 1 atom stereocenters. The lowest BCUT2D eigenvalue weighted by Gasteiger charge is -2.29. The lowest BCUT2D eigenvalue weighted by atomic mass is 9.96. The normalized spacial score (nSPS) is 17.7.